The lowest BCUT2D eigenvalue weighted by atomic mass is 9.91. The van der Waals surface area contributed by atoms with Crippen LogP contribution in [0.25, 0.3) is 111 Å². The Balaban J connectivity index is 0.999. The molecule has 1 aliphatic carbocycles. The molecule has 8 nitrogen and oxygen atoms in total. The van der Waals surface area contributed by atoms with Gasteiger partial charge in [0.25, 0.3) is 0 Å². The molecule has 2 aliphatic rings. The SMILES string of the molecule is C1=CC2c3cc4c(cc3N(c3nc5nc(-n6c7ccccc7c7c6ccc6c8ccccc8n(-c8ccccc8)c67)nc(-c6ccccc6)c5n3-c3ccccc3)C2C=C1)c1ccccc1n4-c1ccccc1. The third kappa shape index (κ3) is 5.68. The van der Waals surface area contributed by atoms with Crippen molar-refractivity contribution in [2.75, 3.05) is 4.90 Å². The van der Waals surface area contributed by atoms with Crippen LogP contribution in [0.1, 0.15) is 11.5 Å². The van der Waals surface area contributed by atoms with E-state index in [2.05, 4.69) is 266 Å². The first-order valence-electron chi connectivity index (χ1n) is 25.0. The summed E-state index contributed by atoms with van der Waals surface area (Å²) in [4.78, 5) is 19.6. The van der Waals surface area contributed by atoms with Crippen molar-refractivity contribution in [3.05, 3.63) is 248 Å². The van der Waals surface area contributed by atoms with Crippen molar-refractivity contribution >= 4 is 88.2 Å². The summed E-state index contributed by atoms with van der Waals surface area (Å²) in [5, 5.41) is 7.07. The number of nitrogens with zero attached hydrogens (tertiary/aromatic N) is 8. The zero-order valence-electron chi connectivity index (χ0n) is 39.3. The first-order chi connectivity index (χ1) is 36.3. The molecule has 73 heavy (non-hydrogen) atoms. The molecule has 0 N–H and O–H groups in total. The number of allylic oxidation sites excluding steroid dienone is 2. The van der Waals surface area contributed by atoms with Gasteiger partial charge in [0, 0.05) is 66.5 Å². The topological polar surface area (TPSA) is 61.6 Å². The largest absolute Gasteiger partial charge is 0.309 e. The zero-order valence-corrected chi connectivity index (χ0v) is 39.3. The van der Waals surface area contributed by atoms with Gasteiger partial charge in [-0.1, -0.05) is 170 Å². The fraction of sp³-hybridized carbons (Fsp3) is 0.0308. The van der Waals surface area contributed by atoms with E-state index in [1.165, 1.54) is 38.1 Å². The summed E-state index contributed by atoms with van der Waals surface area (Å²) in [5.41, 5.74) is 15.5. The number of benzene rings is 9. The third-order valence-electron chi connectivity index (χ3n) is 15.3. The fourth-order valence-electron chi connectivity index (χ4n) is 12.3. The minimum atomic E-state index is -0.0501. The molecule has 0 radical (unpaired) electrons. The molecular weight excluding hydrogens is 893 g/mol. The predicted octanol–water partition coefficient (Wildman–Crippen LogP) is 15.5. The maximum Gasteiger partial charge on any atom is 0.237 e. The second-order valence-corrected chi connectivity index (χ2v) is 19.2. The van der Waals surface area contributed by atoms with Crippen molar-refractivity contribution < 1.29 is 0 Å². The number of para-hydroxylation sites is 6. The number of hydrogen-bond acceptors (Lipinski definition) is 4. The minimum absolute atomic E-state index is 0.0501. The van der Waals surface area contributed by atoms with Crippen LogP contribution in [0.15, 0.2) is 243 Å². The summed E-state index contributed by atoms with van der Waals surface area (Å²) in [5.74, 6) is 1.41. The number of rotatable bonds is 6. The van der Waals surface area contributed by atoms with Gasteiger partial charge in [-0.15, -0.1) is 0 Å². The average molecular weight is 935 g/mol. The summed E-state index contributed by atoms with van der Waals surface area (Å²) in [6, 6.07) is 78.0. The summed E-state index contributed by atoms with van der Waals surface area (Å²) in [6.07, 6.45) is 9.05. The van der Waals surface area contributed by atoms with Gasteiger partial charge in [0.2, 0.25) is 11.9 Å². The number of anilines is 2. The van der Waals surface area contributed by atoms with Crippen molar-refractivity contribution in [2.45, 2.75) is 12.0 Å². The van der Waals surface area contributed by atoms with E-state index in [-0.39, 0.29) is 12.0 Å². The van der Waals surface area contributed by atoms with Crippen molar-refractivity contribution in [2.24, 2.45) is 0 Å². The Bertz CT molecular complexity index is 4620. The van der Waals surface area contributed by atoms with E-state index < -0.39 is 0 Å². The highest BCUT2D eigenvalue weighted by Gasteiger charge is 2.41. The summed E-state index contributed by atoms with van der Waals surface area (Å²) >= 11 is 0. The summed E-state index contributed by atoms with van der Waals surface area (Å²) in [6.45, 7) is 0. The van der Waals surface area contributed by atoms with Gasteiger partial charge in [-0.3, -0.25) is 9.13 Å². The van der Waals surface area contributed by atoms with E-state index >= 15 is 0 Å². The lowest BCUT2D eigenvalue weighted by molar-refractivity contribution is 0.727. The number of hydrogen-bond donors (Lipinski definition) is 0. The minimum Gasteiger partial charge on any atom is -0.309 e. The first kappa shape index (κ1) is 40.0. The highest BCUT2D eigenvalue weighted by atomic mass is 15.4. The number of imidazole rings is 1. The van der Waals surface area contributed by atoms with E-state index in [1.807, 2.05) is 0 Å². The Labute approximate surface area is 418 Å². The third-order valence-corrected chi connectivity index (χ3v) is 15.3. The van der Waals surface area contributed by atoms with E-state index in [9.17, 15) is 0 Å². The van der Waals surface area contributed by atoms with Crippen LogP contribution >= 0.6 is 0 Å². The standard InChI is InChI=1S/C65H42N8/c1-5-21-41(22-6-1)60-62-63(67-64(66-60)72-55-36-20-16-32-49(55)59-56(72)38-37-48-45-29-13-18-34-53(45)70(61(48)59)43-25-9-3-10-26-43)68-65(71(62)44-27-11-4-12-28-44)73-54-35-19-15-31-47(54)51-39-57-50(40-58(51)73)46-30-14-17-33-52(46)69(57)42-23-7-2-8-24-42/h1-40,47,54H. The molecule has 6 heterocycles. The Kier molecular flexibility index (Phi) is 8.41. The number of aromatic nitrogens is 7. The molecule has 0 fully saturated rings. The lowest BCUT2D eigenvalue weighted by Crippen LogP contribution is -2.30. The molecule has 2 atom stereocenters. The lowest BCUT2D eigenvalue weighted by Gasteiger charge is -2.28. The van der Waals surface area contributed by atoms with Crippen LogP contribution in [0.4, 0.5) is 11.6 Å². The molecule has 16 rings (SSSR count). The molecular formula is C65H42N8. The van der Waals surface area contributed by atoms with E-state index in [0.717, 1.165) is 78.3 Å². The summed E-state index contributed by atoms with van der Waals surface area (Å²) < 4.78 is 9.37. The van der Waals surface area contributed by atoms with Crippen LogP contribution in [-0.2, 0) is 0 Å². The second kappa shape index (κ2) is 15.4. The molecule has 2 unspecified atom stereocenters. The van der Waals surface area contributed by atoms with Gasteiger partial charge in [-0.05, 0) is 78.4 Å². The molecule has 14 aromatic rings. The maximum atomic E-state index is 5.76. The molecule has 9 aromatic carbocycles. The Morgan fingerprint density at radius 1 is 0.370 bits per heavy atom. The molecule has 0 saturated heterocycles. The van der Waals surface area contributed by atoms with Gasteiger partial charge in [0.1, 0.15) is 11.2 Å². The normalized spacial score (nSPS) is 15.3. The monoisotopic (exact) mass is 934 g/mol. The van der Waals surface area contributed by atoms with Crippen LogP contribution in [0.3, 0.4) is 0 Å². The highest BCUT2D eigenvalue weighted by molar-refractivity contribution is 6.26. The van der Waals surface area contributed by atoms with Gasteiger partial charge >= 0.3 is 0 Å². The molecule has 0 spiro atoms. The fourth-order valence-corrected chi connectivity index (χ4v) is 12.3. The van der Waals surface area contributed by atoms with Crippen LogP contribution in [0.5, 0.6) is 0 Å². The molecule has 342 valence electrons. The van der Waals surface area contributed by atoms with Crippen LogP contribution in [0.2, 0.25) is 0 Å². The quantitative estimate of drug-likeness (QED) is 0.167. The van der Waals surface area contributed by atoms with E-state index in [1.54, 1.807) is 0 Å². The average Bonchev–Trinajstić information content (AvgIpc) is 4.26. The summed E-state index contributed by atoms with van der Waals surface area (Å²) in [7, 11) is 0. The van der Waals surface area contributed by atoms with E-state index in [0.29, 0.717) is 11.6 Å². The van der Waals surface area contributed by atoms with E-state index in [4.69, 9.17) is 15.0 Å². The highest BCUT2D eigenvalue weighted by Crippen LogP contribution is 2.52. The number of fused-ring (bicyclic) bond motifs is 14. The van der Waals surface area contributed by atoms with Crippen molar-refractivity contribution in [1.29, 1.82) is 0 Å². The van der Waals surface area contributed by atoms with Gasteiger partial charge in [0.15, 0.2) is 5.65 Å². The van der Waals surface area contributed by atoms with Crippen LogP contribution in [0, 0.1) is 0 Å². The Morgan fingerprint density at radius 3 is 1.63 bits per heavy atom. The maximum absolute atomic E-state index is 5.76. The molecule has 0 saturated carbocycles. The Hall–Kier alpha value is -9.79. The molecule has 5 aromatic heterocycles. The Morgan fingerprint density at radius 2 is 0.932 bits per heavy atom. The van der Waals surface area contributed by atoms with Gasteiger partial charge < -0.3 is 14.0 Å². The molecule has 0 bridgehead atoms. The van der Waals surface area contributed by atoms with Crippen molar-refractivity contribution in [1.82, 2.24) is 33.2 Å². The van der Waals surface area contributed by atoms with Gasteiger partial charge in [0.05, 0.1) is 39.1 Å². The van der Waals surface area contributed by atoms with Crippen molar-refractivity contribution in [3.8, 4) is 34.3 Å². The van der Waals surface area contributed by atoms with Crippen molar-refractivity contribution in [3.63, 3.8) is 0 Å². The first-order valence-corrected chi connectivity index (χ1v) is 25.0. The second-order valence-electron chi connectivity index (χ2n) is 19.2. The smallest absolute Gasteiger partial charge is 0.237 e. The van der Waals surface area contributed by atoms with Crippen LogP contribution in [-0.4, -0.2) is 39.3 Å². The molecule has 8 heteroatoms. The predicted molar refractivity (Wildman–Crippen MR) is 299 cm³/mol. The van der Waals surface area contributed by atoms with Gasteiger partial charge in [-0.25, -0.2) is 4.98 Å². The van der Waals surface area contributed by atoms with Crippen LogP contribution < -0.4 is 4.90 Å². The molecule has 0 amide bonds. The van der Waals surface area contributed by atoms with Gasteiger partial charge in [-0.2, -0.15) is 9.97 Å². The zero-order chi connectivity index (χ0) is 47.7. The molecule has 1 aliphatic heterocycles.